The van der Waals surface area contributed by atoms with Crippen molar-refractivity contribution in [2.24, 2.45) is 0 Å². The standard InChI is InChI=1S/C13H19ClN4/c1-10(2)17(3)7-8-18-12(9-14)16-11-5-4-6-15-13(11)18/h4-6,10H,7-9H2,1-3H3. The minimum absolute atomic E-state index is 0.418. The average molecular weight is 267 g/mol. The van der Waals surface area contributed by atoms with Crippen LogP contribution in [0.5, 0.6) is 0 Å². The van der Waals surface area contributed by atoms with Crippen LogP contribution in [0.4, 0.5) is 0 Å². The van der Waals surface area contributed by atoms with Crippen LogP contribution in [0, 0.1) is 0 Å². The molecule has 0 N–H and O–H groups in total. The van der Waals surface area contributed by atoms with Crippen molar-refractivity contribution in [1.82, 2.24) is 19.4 Å². The van der Waals surface area contributed by atoms with Gasteiger partial charge in [-0.15, -0.1) is 11.6 Å². The van der Waals surface area contributed by atoms with Gasteiger partial charge in [-0.1, -0.05) is 0 Å². The third-order valence-corrected chi connectivity index (χ3v) is 3.50. The fourth-order valence-corrected chi connectivity index (χ4v) is 2.06. The summed E-state index contributed by atoms with van der Waals surface area (Å²) in [5.74, 6) is 1.31. The molecule has 0 aliphatic heterocycles. The monoisotopic (exact) mass is 266 g/mol. The van der Waals surface area contributed by atoms with E-state index >= 15 is 0 Å². The quantitative estimate of drug-likeness (QED) is 0.780. The van der Waals surface area contributed by atoms with Crippen molar-refractivity contribution >= 4 is 22.8 Å². The second kappa shape index (κ2) is 5.67. The molecule has 0 radical (unpaired) electrons. The molecular formula is C13H19ClN4. The Morgan fingerprint density at radius 2 is 2.22 bits per heavy atom. The summed E-state index contributed by atoms with van der Waals surface area (Å²) >= 11 is 5.96. The SMILES string of the molecule is CC(C)N(C)CCn1c(CCl)nc2cccnc21. The maximum Gasteiger partial charge on any atom is 0.160 e. The molecular weight excluding hydrogens is 248 g/mol. The Morgan fingerprint density at radius 3 is 2.89 bits per heavy atom. The molecule has 5 heteroatoms. The van der Waals surface area contributed by atoms with E-state index in [1.807, 2.05) is 12.1 Å². The summed E-state index contributed by atoms with van der Waals surface area (Å²) < 4.78 is 2.11. The molecule has 0 atom stereocenters. The fourth-order valence-electron chi connectivity index (χ4n) is 1.86. The molecule has 0 amide bonds. The van der Waals surface area contributed by atoms with Gasteiger partial charge in [0.05, 0.1) is 5.88 Å². The van der Waals surface area contributed by atoms with Crippen LogP contribution in [-0.2, 0) is 12.4 Å². The van der Waals surface area contributed by atoms with Crippen molar-refractivity contribution in [2.45, 2.75) is 32.3 Å². The molecule has 0 bridgehead atoms. The molecule has 0 unspecified atom stereocenters. The van der Waals surface area contributed by atoms with Gasteiger partial charge in [0.2, 0.25) is 0 Å². The van der Waals surface area contributed by atoms with Gasteiger partial charge < -0.3 is 9.47 Å². The van der Waals surface area contributed by atoms with Crippen molar-refractivity contribution in [3.63, 3.8) is 0 Å². The van der Waals surface area contributed by atoms with Crippen LogP contribution in [-0.4, -0.2) is 39.1 Å². The molecule has 2 aromatic heterocycles. The van der Waals surface area contributed by atoms with Crippen molar-refractivity contribution in [3.05, 3.63) is 24.2 Å². The largest absolute Gasteiger partial charge is 0.310 e. The van der Waals surface area contributed by atoms with Crippen molar-refractivity contribution in [3.8, 4) is 0 Å². The number of rotatable bonds is 5. The van der Waals surface area contributed by atoms with Gasteiger partial charge in [-0.3, -0.25) is 0 Å². The minimum Gasteiger partial charge on any atom is -0.310 e. The van der Waals surface area contributed by atoms with E-state index in [1.165, 1.54) is 0 Å². The Labute approximate surface area is 113 Å². The number of imidazole rings is 1. The summed E-state index contributed by atoms with van der Waals surface area (Å²) in [5.41, 5.74) is 1.84. The first-order valence-electron chi connectivity index (χ1n) is 6.19. The minimum atomic E-state index is 0.418. The highest BCUT2D eigenvalue weighted by Crippen LogP contribution is 2.15. The molecule has 98 valence electrons. The average Bonchev–Trinajstić information content (AvgIpc) is 2.73. The van der Waals surface area contributed by atoms with E-state index in [2.05, 4.69) is 40.3 Å². The van der Waals surface area contributed by atoms with Gasteiger partial charge in [-0.25, -0.2) is 9.97 Å². The van der Waals surface area contributed by atoms with E-state index in [9.17, 15) is 0 Å². The lowest BCUT2D eigenvalue weighted by Crippen LogP contribution is -2.30. The Morgan fingerprint density at radius 1 is 1.44 bits per heavy atom. The fraction of sp³-hybridized carbons (Fsp3) is 0.538. The number of fused-ring (bicyclic) bond motifs is 1. The van der Waals surface area contributed by atoms with E-state index in [1.54, 1.807) is 6.20 Å². The number of alkyl halides is 1. The molecule has 18 heavy (non-hydrogen) atoms. The van der Waals surface area contributed by atoms with E-state index in [-0.39, 0.29) is 0 Å². The Balaban J connectivity index is 2.25. The number of likely N-dealkylation sites (N-methyl/N-ethyl adjacent to an activating group) is 1. The van der Waals surface area contributed by atoms with Crippen LogP contribution in [0.2, 0.25) is 0 Å². The van der Waals surface area contributed by atoms with Gasteiger partial charge in [0.15, 0.2) is 5.65 Å². The first-order valence-corrected chi connectivity index (χ1v) is 6.73. The van der Waals surface area contributed by atoms with Gasteiger partial charge in [0, 0.05) is 25.3 Å². The molecule has 0 aliphatic rings. The van der Waals surface area contributed by atoms with Gasteiger partial charge >= 0.3 is 0 Å². The molecule has 2 heterocycles. The number of hydrogen-bond donors (Lipinski definition) is 0. The molecule has 2 aromatic rings. The Kier molecular flexibility index (Phi) is 4.19. The number of pyridine rings is 1. The van der Waals surface area contributed by atoms with Gasteiger partial charge in [0.25, 0.3) is 0 Å². The lowest BCUT2D eigenvalue weighted by molar-refractivity contribution is 0.263. The third kappa shape index (κ3) is 2.65. The summed E-state index contributed by atoms with van der Waals surface area (Å²) in [6, 6.07) is 4.41. The lowest BCUT2D eigenvalue weighted by atomic mass is 10.3. The van der Waals surface area contributed by atoms with E-state index in [0.29, 0.717) is 11.9 Å². The molecule has 0 saturated heterocycles. The lowest BCUT2D eigenvalue weighted by Gasteiger charge is -2.21. The zero-order chi connectivity index (χ0) is 13.1. The Bertz CT molecular complexity index is 521. The van der Waals surface area contributed by atoms with Crippen molar-refractivity contribution in [2.75, 3.05) is 13.6 Å². The van der Waals surface area contributed by atoms with Crippen LogP contribution in [0.15, 0.2) is 18.3 Å². The maximum absolute atomic E-state index is 5.96. The molecule has 0 fully saturated rings. The number of halogens is 1. The number of hydrogen-bond acceptors (Lipinski definition) is 3. The molecule has 0 spiro atoms. The van der Waals surface area contributed by atoms with Crippen LogP contribution in [0.1, 0.15) is 19.7 Å². The second-order valence-electron chi connectivity index (χ2n) is 4.73. The van der Waals surface area contributed by atoms with Crippen LogP contribution < -0.4 is 0 Å². The topological polar surface area (TPSA) is 34.0 Å². The number of aromatic nitrogens is 3. The first kappa shape index (κ1) is 13.3. The normalized spacial score (nSPS) is 11.9. The third-order valence-electron chi connectivity index (χ3n) is 3.26. The molecule has 2 rings (SSSR count). The highest BCUT2D eigenvalue weighted by atomic mass is 35.5. The highest BCUT2D eigenvalue weighted by molar-refractivity contribution is 6.16. The zero-order valence-corrected chi connectivity index (χ0v) is 11.9. The van der Waals surface area contributed by atoms with Gasteiger partial charge in [0.1, 0.15) is 11.3 Å². The van der Waals surface area contributed by atoms with Gasteiger partial charge in [-0.2, -0.15) is 0 Å². The molecule has 0 saturated carbocycles. The summed E-state index contributed by atoms with van der Waals surface area (Å²) in [6.07, 6.45) is 1.80. The second-order valence-corrected chi connectivity index (χ2v) is 5.00. The Hall–Kier alpha value is -1.13. The van der Waals surface area contributed by atoms with Crippen LogP contribution >= 0.6 is 11.6 Å². The predicted molar refractivity (Wildman–Crippen MR) is 74.9 cm³/mol. The van der Waals surface area contributed by atoms with Crippen LogP contribution in [0.25, 0.3) is 11.2 Å². The highest BCUT2D eigenvalue weighted by Gasteiger charge is 2.11. The van der Waals surface area contributed by atoms with Crippen LogP contribution in [0.3, 0.4) is 0 Å². The molecule has 0 aromatic carbocycles. The van der Waals surface area contributed by atoms with E-state index in [0.717, 1.165) is 30.1 Å². The predicted octanol–water partition coefficient (Wildman–Crippen LogP) is 2.51. The molecule has 4 nitrogen and oxygen atoms in total. The summed E-state index contributed by atoms with van der Waals surface area (Å²) in [6.45, 7) is 6.20. The van der Waals surface area contributed by atoms with E-state index in [4.69, 9.17) is 11.6 Å². The van der Waals surface area contributed by atoms with Crippen molar-refractivity contribution < 1.29 is 0 Å². The summed E-state index contributed by atoms with van der Waals surface area (Å²) in [4.78, 5) is 11.2. The number of nitrogens with zero attached hydrogens (tertiary/aromatic N) is 4. The first-order chi connectivity index (χ1) is 8.63. The van der Waals surface area contributed by atoms with E-state index < -0.39 is 0 Å². The summed E-state index contributed by atoms with van der Waals surface area (Å²) in [7, 11) is 2.12. The van der Waals surface area contributed by atoms with Crippen molar-refractivity contribution in [1.29, 1.82) is 0 Å². The smallest absolute Gasteiger partial charge is 0.160 e. The van der Waals surface area contributed by atoms with Gasteiger partial charge in [-0.05, 0) is 33.0 Å². The molecule has 0 aliphatic carbocycles. The maximum atomic E-state index is 5.96. The summed E-state index contributed by atoms with van der Waals surface area (Å²) in [5, 5.41) is 0. The zero-order valence-electron chi connectivity index (χ0n) is 11.1.